The summed E-state index contributed by atoms with van der Waals surface area (Å²) in [6.45, 7) is 5.01. The minimum absolute atomic E-state index is 0.0589. The van der Waals surface area contributed by atoms with E-state index in [0.717, 1.165) is 0 Å². The standard InChI is InChI=1S/C11H16N4O3/c1-7-5-10(18-14-7)13-11(17)8(2)15-4-3-12-9(16)6-15/h5,8H,3-4,6H2,1-2H3,(H,12,16)(H,13,17)/t8-/m1/s1. The van der Waals surface area contributed by atoms with Crippen molar-refractivity contribution in [1.29, 1.82) is 0 Å². The highest BCUT2D eigenvalue weighted by molar-refractivity contribution is 5.94. The summed E-state index contributed by atoms with van der Waals surface area (Å²) < 4.78 is 4.91. The van der Waals surface area contributed by atoms with Crippen LogP contribution in [0.5, 0.6) is 0 Å². The van der Waals surface area contributed by atoms with Crippen LogP contribution in [0.1, 0.15) is 12.6 Å². The van der Waals surface area contributed by atoms with Crippen LogP contribution in [-0.2, 0) is 9.59 Å². The molecule has 0 saturated carbocycles. The Morgan fingerprint density at radius 2 is 2.44 bits per heavy atom. The van der Waals surface area contributed by atoms with E-state index in [2.05, 4.69) is 15.8 Å². The summed E-state index contributed by atoms with van der Waals surface area (Å²) in [4.78, 5) is 25.0. The lowest BCUT2D eigenvalue weighted by molar-refractivity contribution is -0.127. The van der Waals surface area contributed by atoms with E-state index in [0.29, 0.717) is 24.7 Å². The number of nitrogens with zero attached hydrogens (tertiary/aromatic N) is 2. The molecule has 2 heterocycles. The molecular weight excluding hydrogens is 236 g/mol. The molecule has 1 saturated heterocycles. The van der Waals surface area contributed by atoms with E-state index in [4.69, 9.17) is 4.52 Å². The molecule has 0 aliphatic carbocycles. The number of hydrogen-bond donors (Lipinski definition) is 2. The molecule has 2 rings (SSSR count). The van der Waals surface area contributed by atoms with Crippen molar-refractivity contribution >= 4 is 17.7 Å². The monoisotopic (exact) mass is 252 g/mol. The van der Waals surface area contributed by atoms with Gasteiger partial charge in [-0.2, -0.15) is 0 Å². The second-order valence-electron chi connectivity index (χ2n) is 4.32. The Morgan fingerprint density at radius 3 is 3.06 bits per heavy atom. The molecular formula is C11H16N4O3. The van der Waals surface area contributed by atoms with E-state index in [-0.39, 0.29) is 24.4 Å². The molecule has 0 unspecified atom stereocenters. The Labute approximate surface area is 104 Å². The van der Waals surface area contributed by atoms with Gasteiger partial charge in [0.1, 0.15) is 0 Å². The highest BCUT2D eigenvalue weighted by Gasteiger charge is 2.26. The van der Waals surface area contributed by atoms with Gasteiger partial charge in [-0.3, -0.25) is 19.8 Å². The van der Waals surface area contributed by atoms with Crippen LogP contribution in [0.25, 0.3) is 0 Å². The van der Waals surface area contributed by atoms with Crippen LogP contribution in [0.15, 0.2) is 10.6 Å². The summed E-state index contributed by atoms with van der Waals surface area (Å²) in [7, 11) is 0. The summed E-state index contributed by atoms with van der Waals surface area (Å²) in [5.41, 5.74) is 0.704. The van der Waals surface area contributed by atoms with Gasteiger partial charge in [-0.1, -0.05) is 5.16 Å². The minimum atomic E-state index is -0.388. The van der Waals surface area contributed by atoms with Gasteiger partial charge in [0.15, 0.2) is 0 Å². The highest BCUT2D eigenvalue weighted by atomic mass is 16.5. The Balaban J connectivity index is 1.93. The zero-order valence-corrected chi connectivity index (χ0v) is 10.4. The van der Waals surface area contributed by atoms with Crippen molar-refractivity contribution in [3.8, 4) is 0 Å². The fraction of sp³-hybridized carbons (Fsp3) is 0.545. The maximum absolute atomic E-state index is 12.0. The van der Waals surface area contributed by atoms with Gasteiger partial charge >= 0.3 is 0 Å². The first-order chi connectivity index (χ1) is 8.56. The van der Waals surface area contributed by atoms with E-state index in [1.54, 1.807) is 19.9 Å². The molecule has 2 N–H and O–H groups in total. The number of piperazine rings is 1. The zero-order chi connectivity index (χ0) is 13.1. The van der Waals surface area contributed by atoms with E-state index in [1.807, 2.05) is 4.90 Å². The first-order valence-electron chi connectivity index (χ1n) is 5.81. The van der Waals surface area contributed by atoms with Gasteiger partial charge in [0.25, 0.3) is 0 Å². The zero-order valence-electron chi connectivity index (χ0n) is 10.4. The van der Waals surface area contributed by atoms with Crippen molar-refractivity contribution in [3.05, 3.63) is 11.8 Å². The minimum Gasteiger partial charge on any atom is -0.354 e. The predicted molar refractivity (Wildman–Crippen MR) is 63.9 cm³/mol. The molecule has 1 atom stereocenters. The maximum Gasteiger partial charge on any atom is 0.243 e. The van der Waals surface area contributed by atoms with Crippen LogP contribution in [0.3, 0.4) is 0 Å². The van der Waals surface area contributed by atoms with E-state index in [1.165, 1.54) is 0 Å². The van der Waals surface area contributed by atoms with Gasteiger partial charge in [0, 0.05) is 19.2 Å². The Hall–Kier alpha value is -1.89. The highest BCUT2D eigenvalue weighted by Crippen LogP contribution is 2.10. The first-order valence-corrected chi connectivity index (χ1v) is 5.81. The van der Waals surface area contributed by atoms with Gasteiger partial charge in [-0.15, -0.1) is 0 Å². The molecule has 1 aromatic rings. The Kier molecular flexibility index (Phi) is 3.61. The molecule has 7 heteroatoms. The average molecular weight is 252 g/mol. The van der Waals surface area contributed by atoms with Crippen molar-refractivity contribution in [3.63, 3.8) is 0 Å². The van der Waals surface area contributed by atoms with Crippen LogP contribution in [0.2, 0.25) is 0 Å². The molecule has 7 nitrogen and oxygen atoms in total. The van der Waals surface area contributed by atoms with Crippen LogP contribution in [0.4, 0.5) is 5.88 Å². The predicted octanol–water partition coefficient (Wildman–Crippen LogP) is -0.258. The van der Waals surface area contributed by atoms with Crippen molar-refractivity contribution < 1.29 is 14.1 Å². The van der Waals surface area contributed by atoms with Gasteiger partial charge < -0.3 is 9.84 Å². The Morgan fingerprint density at radius 1 is 1.67 bits per heavy atom. The molecule has 0 bridgehead atoms. The second kappa shape index (κ2) is 5.18. The number of hydrogen-bond acceptors (Lipinski definition) is 5. The summed E-state index contributed by atoms with van der Waals surface area (Å²) >= 11 is 0. The van der Waals surface area contributed by atoms with Crippen molar-refractivity contribution in [2.75, 3.05) is 25.0 Å². The maximum atomic E-state index is 12.0. The number of rotatable bonds is 3. The quantitative estimate of drug-likeness (QED) is 0.774. The fourth-order valence-electron chi connectivity index (χ4n) is 1.80. The van der Waals surface area contributed by atoms with Crippen LogP contribution < -0.4 is 10.6 Å². The lowest BCUT2D eigenvalue weighted by Gasteiger charge is -2.30. The number of carbonyl (C=O) groups is 2. The molecule has 1 aliphatic heterocycles. The van der Waals surface area contributed by atoms with Gasteiger partial charge in [0.05, 0.1) is 18.3 Å². The number of amides is 2. The van der Waals surface area contributed by atoms with E-state index >= 15 is 0 Å². The molecule has 0 radical (unpaired) electrons. The molecule has 1 fully saturated rings. The SMILES string of the molecule is Cc1cc(NC(=O)[C@@H](C)N2CCNC(=O)C2)on1. The van der Waals surface area contributed by atoms with Crippen molar-refractivity contribution in [2.45, 2.75) is 19.9 Å². The summed E-state index contributed by atoms with van der Waals surface area (Å²) in [5.74, 6) is 0.0584. The molecule has 0 spiro atoms. The fourth-order valence-corrected chi connectivity index (χ4v) is 1.80. The van der Waals surface area contributed by atoms with Crippen LogP contribution in [-0.4, -0.2) is 47.5 Å². The summed E-state index contributed by atoms with van der Waals surface area (Å²) in [6.07, 6.45) is 0. The number of aryl methyl sites for hydroxylation is 1. The van der Waals surface area contributed by atoms with Crippen molar-refractivity contribution in [2.24, 2.45) is 0 Å². The second-order valence-corrected chi connectivity index (χ2v) is 4.32. The van der Waals surface area contributed by atoms with Gasteiger partial charge in [-0.25, -0.2) is 0 Å². The van der Waals surface area contributed by atoms with Crippen LogP contribution >= 0.6 is 0 Å². The number of carbonyl (C=O) groups excluding carboxylic acids is 2. The van der Waals surface area contributed by atoms with E-state index in [9.17, 15) is 9.59 Å². The number of anilines is 1. The summed E-state index contributed by atoms with van der Waals surface area (Å²) in [5, 5.41) is 9.04. The number of aromatic nitrogens is 1. The number of nitrogens with one attached hydrogen (secondary N) is 2. The molecule has 1 aromatic heterocycles. The van der Waals surface area contributed by atoms with Crippen LogP contribution in [0, 0.1) is 6.92 Å². The third kappa shape index (κ3) is 2.86. The molecule has 1 aliphatic rings. The van der Waals surface area contributed by atoms with E-state index < -0.39 is 0 Å². The third-order valence-electron chi connectivity index (χ3n) is 2.87. The molecule has 18 heavy (non-hydrogen) atoms. The first kappa shape index (κ1) is 12.6. The third-order valence-corrected chi connectivity index (χ3v) is 2.87. The molecule has 0 aromatic carbocycles. The lowest BCUT2D eigenvalue weighted by Crippen LogP contribution is -2.53. The molecule has 2 amide bonds. The average Bonchev–Trinajstić information content (AvgIpc) is 2.73. The largest absolute Gasteiger partial charge is 0.354 e. The lowest BCUT2D eigenvalue weighted by atomic mass is 10.2. The topological polar surface area (TPSA) is 87.5 Å². The smallest absolute Gasteiger partial charge is 0.243 e. The Bertz CT molecular complexity index is 457. The normalized spacial score (nSPS) is 18.2. The van der Waals surface area contributed by atoms with Gasteiger partial charge in [-0.05, 0) is 13.8 Å². The van der Waals surface area contributed by atoms with Crippen molar-refractivity contribution in [1.82, 2.24) is 15.4 Å². The summed E-state index contributed by atoms with van der Waals surface area (Å²) in [6, 6.07) is 1.26. The van der Waals surface area contributed by atoms with Gasteiger partial charge in [0.2, 0.25) is 17.7 Å². The molecule has 98 valence electrons.